The average Bonchev–Trinajstić information content (AvgIpc) is 2.52. The minimum atomic E-state index is -0.0353. The summed E-state index contributed by atoms with van der Waals surface area (Å²) in [7, 11) is 1.87. The van der Waals surface area contributed by atoms with E-state index in [4.69, 9.17) is 12.2 Å². The zero-order chi connectivity index (χ0) is 17.3. The van der Waals surface area contributed by atoms with Crippen molar-refractivity contribution in [1.82, 2.24) is 4.90 Å². The molecule has 1 aromatic rings. The Hall–Kier alpha value is -1.59. The normalized spacial score (nSPS) is 22.0. The Labute approximate surface area is 152 Å². The van der Waals surface area contributed by atoms with Gasteiger partial charge in [0.15, 0.2) is 0 Å². The van der Waals surface area contributed by atoms with Crippen molar-refractivity contribution in [3.63, 3.8) is 0 Å². The molecule has 126 valence electrons. The maximum atomic E-state index is 12.4. The second-order valence-corrected chi connectivity index (χ2v) is 8.08. The Morgan fingerprint density at radius 2 is 2.12 bits per heavy atom. The van der Waals surface area contributed by atoms with E-state index in [0.29, 0.717) is 18.6 Å². The summed E-state index contributed by atoms with van der Waals surface area (Å²) >= 11 is 7.27. The highest BCUT2D eigenvalue weighted by Gasteiger charge is 2.28. The van der Waals surface area contributed by atoms with E-state index >= 15 is 0 Å². The fraction of sp³-hybridized carbons (Fsp3) is 0.368. The minimum Gasteiger partial charge on any atom is -0.512 e. The van der Waals surface area contributed by atoms with Crippen LogP contribution >= 0.6 is 24.0 Å². The van der Waals surface area contributed by atoms with E-state index in [2.05, 4.69) is 12.1 Å². The molecule has 1 amide bonds. The molecule has 5 heteroatoms. The van der Waals surface area contributed by atoms with Crippen LogP contribution in [0, 0.1) is 0 Å². The van der Waals surface area contributed by atoms with Crippen molar-refractivity contribution < 1.29 is 9.90 Å². The topological polar surface area (TPSA) is 40.5 Å². The predicted octanol–water partition coefficient (Wildman–Crippen LogP) is 3.79. The highest BCUT2D eigenvalue weighted by molar-refractivity contribution is 8.00. The van der Waals surface area contributed by atoms with Crippen LogP contribution in [0.15, 0.2) is 41.7 Å². The van der Waals surface area contributed by atoms with E-state index in [9.17, 15) is 9.90 Å². The number of carbonyl (C=O) groups is 1. The number of rotatable bonds is 3. The molecule has 0 aromatic heterocycles. The number of hydrogen-bond donors (Lipinski definition) is 1. The van der Waals surface area contributed by atoms with E-state index in [1.807, 2.05) is 31.0 Å². The number of benzene rings is 1. The molecular formula is C19H21NO2S2. The molecule has 3 rings (SSSR count). The van der Waals surface area contributed by atoms with Crippen LogP contribution in [0.1, 0.15) is 24.5 Å². The first-order valence-corrected chi connectivity index (χ1v) is 9.51. The van der Waals surface area contributed by atoms with Gasteiger partial charge in [-0.25, -0.2) is 0 Å². The first-order chi connectivity index (χ1) is 11.5. The fourth-order valence-corrected chi connectivity index (χ4v) is 4.96. The molecular weight excluding hydrogens is 338 g/mol. The van der Waals surface area contributed by atoms with Gasteiger partial charge >= 0.3 is 0 Å². The van der Waals surface area contributed by atoms with Gasteiger partial charge in [0.05, 0.1) is 11.0 Å². The third-order valence-corrected chi connectivity index (χ3v) is 6.02. The van der Waals surface area contributed by atoms with Gasteiger partial charge in [0.1, 0.15) is 0 Å². The Bertz CT molecular complexity index is 751. The van der Waals surface area contributed by atoms with Gasteiger partial charge in [-0.15, -0.1) is 11.8 Å². The van der Waals surface area contributed by atoms with Crippen molar-refractivity contribution in [2.24, 2.45) is 0 Å². The Morgan fingerprint density at radius 3 is 2.88 bits per heavy atom. The SMILES string of the molecule is CC1=C(c2ccccc2CC2SCCN(C)C2=O)C(=S)CC(O)=C1. The van der Waals surface area contributed by atoms with Crippen molar-refractivity contribution >= 4 is 40.3 Å². The molecule has 0 bridgehead atoms. The van der Waals surface area contributed by atoms with Gasteiger partial charge in [0.2, 0.25) is 5.91 Å². The van der Waals surface area contributed by atoms with Gasteiger partial charge in [-0.1, -0.05) is 36.5 Å². The van der Waals surface area contributed by atoms with Crippen LogP contribution in [0.3, 0.4) is 0 Å². The molecule has 0 saturated carbocycles. The average molecular weight is 360 g/mol. The van der Waals surface area contributed by atoms with Crippen LogP contribution in [0.2, 0.25) is 0 Å². The second-order valence-electron chi connectivity index (χ2n) is 6.27. The first kappa shape index (κ1) is 17.2. The van der Waals surface area contributed by atoms with E-state index in [0.717, 1.165) is 39.4 Å². The van der Waals surface area contributed by atoms with Gasteiger partial charge in [0, 0.05) is 30.6 Å². The summed E-state index contributed by atoms with van der Waals surface area (Å²) < 4.78 is 0. The van der Waals surface area contributed by atoms with Gasteiger partial charge in [-0.3, -0.25) is 4.79 Å². The molecule has 1 aliphatic carbocycles. The number of aliphatic hydroxyl groups excluding tert-OH is 1. The molecule has 1 aromatic carbocycles. The van der Waals surface area contributed by atoms with Crippen molar-refractivity contribution in [1.29, 1.82) is 0 Å². The lowest BCUT2D eigenvalue weighted by Gasteiger charge is -2.29. The second kappa shape index (κ2) is 7.11. The molecule has 1 unspecified atom stereocenters. The van der Waals surface area contributed by atoms with Gasteiger partial charge < -0.3 is 10.0 Å². The van der Waals surface area contributed by atoms with Crippen molar-refractivity contribution in [2.45, 2.75) is 25.0 Å². The van der Waals surface area contributed by atoms with Gasteiger partial charge in [-0.05, 0) is 41.7 Å². The third kappa shape index (κ3) is 3.42. The molecule has 1 fully saturated rings. The maximum Gasteiger partial charge on any atom is 0.235 e. The number of aliphatic hydroxyl groups is 1. The summed E-state index contributed by atoms with van der Waals surface area (Å²) in [6, 6.07) is 8.16. The molecule has 1 aliphatic heterocycles. The van der Waals surface area contributed by atoms with E-state index < -0.39 is 0 Å². The van der Waals surface area contributed by atoms with Gasteiger partial charge in [0.25, 0.3) is 0 Å². The van der Waals surface area contributed by atoms with Crippen LogP contribution in [-0.4, -0.2) is 45.4 Å². The lowest BCUT2D eigenvalue weighted by molar-refractivity contribution is -0.129. The fourth-order valence-electron chi connectivity index (χ4n) is 3.26. The monoisotopic (exact) mass is 359 g/mol. The third-order valence-electron chi connectivity index (χ3n) is 4.49. The molecule has 2 aliphatic rings. The first-order valence-electron chi connectivity index (χ1n) is 8.06. The lowest BCUT2D eigenvalue weighted by atomic mass is 9.87. The Morgan fingerprint density at radius 1 is 1.38 bits per heavy atom. The summed E-state index contributed by atoms with van der Waals surface area (Å²) in [6.07, 6.45) is 2.91. The largest absolute Gasteiger partial charge is 0.512 e. The quantitative estimate of drug-likeness (QED) is 0.834. The van der Waals surface area contributed by atoms with E-state index in [1.54, 1.807) is 17.8 Å². The Balaban J connectivity index is 1.96. The number of carbonyl (C=O) groups excluding carboxylic acids is 1. The van der Waals surface area contributed by atoms with Gasteiger partial charge in [-0.2, -0.15) is 0 Å². The van der Waals surface area contributed by atoms with E-state index in [-0.39, 0.29) is 11.2 Å². The number of amides is 1. The molecule has 1 N–H and O–H groups in total. The zero-order valence-corrected chi connectivity index (χ0v) is 15.5. The summed E-state index contributed by atoms with van der Waals surface area (Å²) in [5, 5.41) is 9.76. The summed E-state index contributed by atoms with van der Waals surface area (Å²) in [4.78, 5) is 15.0. The van der Waals surface area contributed by atoms with Crippen LogP contribution in [0.5, 0.6) is 0 Å². The molecule has 1 heterocycles. The summed E-state index contributed by atoms with van der Waals surface area (Å²) in [5.74, 6) is 1.50. The summed E-state index contributed by atoms with van der Waals surface area (Å²) in [6.45, 7) is 2.79. The molecule has 1 atom stereocenters. The Kier molecular flexibility index (Phi) is 5.11. The van der Waals surface area contributed by atoms with E-state index in [1.165, 1.54) is 0 Å². The molecule has 24 heavy (non-hydrogen) atoms. The smallest absolute Gasteiger partial charge is 0.235 e. The van der Waals surface area contributed by atoms with Crippen LogP contribution in [0.4, 0.5) is 0 Å². The number of nitrogens with zero attached hydrogens (tertiary/aromatic N) is 1. The highest BCUT2D eigenvalue weighted by Crippen LogP contribution is 2.33. The number of allylic oxidation sites excluding steroid dienone is 4. The number of thiocarbonyl (C=S) groups is 1. The lowest BCUT2D eigenvalue weighted by Crippen LogP contribution is -2.41. The molecule has 0 spiro atoms. The molecule has 1 saturated heterocycles. The standard InChI is InChI=1S/C19H21NO2S2/c1-12-9-14(21)11-16(23)18(12)15-6-4-3-5-13(15)10-17-19(22)20(2)7-8-24-17/h3-6,9,17,21H,7-8,10-11H2,1-2H3. The van der Waals surface area contributed by atoms with Crippen molar-refractivity contribution in [2.75, 3.05) is 19.3 Å². The van der Waals surface area contributed by atoms with Crippen LogP contribution in [0.25, 0.3) is 5.57 Å². The van der Waals surface area contributed by atoms with Crippen molar-refractivity contribution in [3.8, 4) is 0 Å². The van der Waals surface area contributed by atoms with Crippen LogP contribution < -0.4 is 0 Å². The highest BCUT2D eigenvalue weighted by atomic mass is 32.2. The zero-order valence-electron chi connectivity index (χ0n) is 13.9. The predicted molar refractivity (Wildman–Crippen MR) is 105 cm³/mol. The minimum absolute atomic E-state index is 0.0353. The maximum absolute atomic E-state index is 12.4. The number of thioether (sulfide) groups is 1. The summed E-state index contributed by atoms with van der Waals surface area (Å²) in [5.41, 5.74) is 4.24. The molecule has 0 radical (unpaired) electrons. The van der Waals surface area contributed by atoms with Crippen molar-refractivity contribution in [3.05, 3.63) is 52.8 Å². The van der Waals surface area contributed by atoms with Crippen LogP contribution in [-0.2, 0) is 11.2 Å². The number of hydrogen-bond acceptors (Lipinski definition) is 4. The molecule has 3 nitrogen and oxygen atoms in total.